The molecule has 3 heterocycles. The Morgan fingerprint density at radius 1 is 1.03 bits per heavy atom. The van der Waals surface area contributed by atoms with Crippen molar-refractivity contribution in [1.82, 2.24) is 24.7 Å². The zero-order valence-electron chi connectivity index (χ0n) is 18.1. The fraction of sp³-hybridized carbons (Fsp3) is 0.0800. The Balaban J connectivity index is 1.60. The molecule has 3 aromatic heterocycles. The summed E-state index contributed by atoms with van der Waals surface area (Å²) in [5, 5.41) is 18.0. The number of hydrogen-bond acceptors (Lipinski definition) is 7. The number of nitriles is 1. The second-order valence-electron chi connectivity index (χ2n) is 7.36. The van der Waals surface area contributed by atoms with Crippen LogP contribution in [0.2, 0.25) is 0 Å². The van der Waals surface area contributed by atoms with Gasteiger partial charge in [0.2, 0.25) is 0 Å². The second-order valence-corrected chi connectivity index (χ2v) is 7.36. The standard InChI is InChI=1S/C25H18FN7O/c1-34-21-14-29-25(31-24(21)30-23-16(13-27)8-6-12-28-23)22-18-9-3-5-11-20(18)33(32-22)15-17-7-2-4-10-19(17)26/h2-12,14H,15H2,1H3,(H,28,29,30,31). The molecule has 2 aromatic carbocycles. The topological polar surface area (TPSA) is 102 Å². The summed E-state index contributed by atoms with van der Waals surface area (Å²) in [5.41, 5.74) is 2.26. The molecule has 0 spiro atoms. The molecule has 34 heavy (non-hydrogen) atoms. The lowest BCUT2D eigenvalue weighted by Crippen LogP contribution is -2.05. The molecule has 0 aliphatic carbocycles. The highest BCUT2D eigenvalue weighted by atomic mass is 19.1. The number of nitrogens with zero attached hydrogens (tertiary/aromatic N) is 6. The van der Waals surface area contributed by atoms with Gasteiger partial charge in [0.05, 0.1) is 30.9 Å². The zero-order chi connectivity index (χ0) is 23.5. The molecular formula is C25H18FN7O. The number of fused-ring (bicyclic) bond motifs is 1. The van der Waals surface area contributed by atoms with Gasteiger partial charge in [0.1, 0.15) is 23.4 Å². The van der Waals surface area contributed by atoms with Crippen LogP contribution in [0.5, 0.6) is 5.75 Å². The van der Waals surface area contributed by atoms with Crippen LogP contribution in [-0.4, -0.2) is 31.8 Å². The van der Waals surface area contributed by atoms with E-state index in [1.54, 1.807) is 41.2 Å². The number of aromatic nitrogens is 5. The molecule has 5 aromatic rings. The van der Waals surface area contributed by atoms with E-state index < -0.39 is 0 Å². The molecule has 0 unspecified atom stereocenters. The van der Waals surface area contributed by atoms with Gasteiger partial charge in [-0.15, -0.1) is 0 Å². The van der Waals surface area contributed by atoms with Gasteiger partial charge in [0.25, 0.3) is 0 Å². The molecule has 0 fully saturated rings. The van der Waals surface area contributed by atoms with Crippen molar-refractivity contribution in [2.75, 3.05) is 12.4 Å². The molecule has 9 heteroatoms. The van der Waals surface area contributed by atoms with Gasteiger partial charge >= 0.3 is 0 Å². The van der Waals surface area contributed by atoms with Crippen LogP contribution in [0, 0.1) is 17.1 Å². The van der Waals surface area contributed by atoms with Crippen LogP contribution in [0.4, 0.5) is 16.0 Å². The minimum absolute atomic E-state index is 0.258. The normalized spacial score (nSPS) is 10.7. The van der Waals surface area contributed by atoms with Gasteiger partial charge in [-0.05, 0) is 24.3 Å². The van der Waals surface area contributed by atoms with Crippen LogP contribution >= 0.6 is 0 Å². The number of para-hydroxylation sites is 1. The summed E-state index contributed by atoms with van der Waals surface area (Å²) in [4.78, 5) is 13.3. The van der Waals surface area contributed by atoms with E-state index in [2.05, 4.69) is 26.3 Å². The van der Waals surface area contributed by atoms with Crippen molar-refractivity contribution >= 4 is 22.5 Å². The maximum Gasteiger partial charge on any atom is 0.183 e. The molecule has 8 nitrogen and oxygen atoms in total. The van der Waals surface area contributed by atoms with Gasteiger partial charge in [-0.3, -0.25) is 4.68 Å². The summed E-state index contributed by atoms with van der Waals surface area (Å²) in [5.74, 6) is 1.13. The van der Waals surface area contributed by atoms with Gasteiger partial charge in [0, 0.05) is 17.1 Å². The molecule has 0 radical (unpaired) electrons. The third-order valence-corrected chi connectivity index (χ3v) is 5.29. The molecule has 0 saturated carbocycles. The van der Waals surface area contributed by atoms with Crippen LogP contribution in [0.3, 0.4) is 0 Å². The predicted octanol–water partition coefficient (Wildman–Crippen LogP) is 4.70. The maximum atomic E-state index is 14.3. The van der Waals surface area contributed by atoms with Crippen molar-refractivity contribution in [3.8, 4) is 23.3 Å². The first-order valence-corrected chi connectivity index (χ1v) is 10.4. The summed E-state index contributed by atoms with van der Waals surface area (Å²) in [7, 11) is 1.51. The van der Waals surface area contributed by atoms with Crippen molar-refractivity contribution in [2.45, 2.75) is 6.54 Å². The van der Waals surface area contributed by atoms with Crippen molar-refractivity contribution in [2.24, 2.45) is 0 Å². The number of methoxy groups -OCH3 is 1. The van der Waals surface area contributed by atoms with E-state index in [0.717, 1.165) is 10.9 Å². The molecular weight excluding hydrogens is 433 g/mol. The molecule has 5 rings (SSSR count). The van der Waals surface area contributed by atoms with E-state index in [0.29, 0.717) is 40.0 Å². The fourth-order valence-electron chi connectivity index (χ4n) is 3.63. The summed E-state index contributed by atoms with van der Waals surface area (Å²) in [6.07, 6.45) is 3.11. The van der Waals surface area contributed by atoms with E-state index in [9.17, 15) is 9.65 Å². The minimum atomic E-state index is -0.292. The Bertz CT molecular complexity index is 1540. The third-order valence-electron chi connectivity index (χ3n) is 5.29. The molecule has 0 atom stereocenters. The number of nitrogens with one attached hydrogen (secondary N) is 1. The second kappa shape index (κ2) is 8.96. The Morgan fingerprint density at radius 2 is 1.85 bits per heavy atom. The molecule has 0 saturated heterocycles. The Labute approximate surface area is 194 Å². The summed E-state index contributed by atoms with van der Waals surface area (Å²) >= 11 is 0. The van der Waals surface area contributed by atoms with Crippen molar-refractivity contribution in [3.63, 3.8) is 0 Å². The van der Waals surface area contributed by atoms with Gasteiger partial charge in [-0.2, -0.15) is 10.4 Å². The number of benzene rings is 2. The highest BCUT2D eigenvalue weighted by Crippen LogP contribution is 2.31. The first-order valence-electron chi connectivity index (χ1n) is 10.4. The SMILES string of the molecule is COc1cnc(-c2nn(Cc3ccccc3F)c3ccccc23)nc1Nc1ncccc1C#N. The number of ether oxygens (including phenoxy) is 1. The lowest BCUT2D eigenvalue weighted by atomic mass is 10.2. The molecule has 0 aliphatic rings. The average molecular weight is 451 g/mol. The van der Waals surface area contributed by atoms with Crippen molar-refractivity contribution in [1.29, 1.82) is 5.26 Å². The highest BCUT2D eigenvalue weighted by Gasteiger charge is 2.18. The summed E-state index contributed by atoms with van der Waals surface area (Å²) < 4.78 is 21.4. The summed E-state index contributed by atoms with van der Waals surface area (Å²) in [6.45, 7) is 0.258. The zero-order valence-corrected chi connectivity index (χ0v) is 18.1. The Hall–Kier alpha value is -4.84. The van der Waals surface area contributed by atoms with Gasteiger partial charge in [-0.25, -0.2) is 19.3 Å². The number of rotatable bonds is 6. The maximum absolute atomic E-state index is 14.3. The van der Waals surface area contributed by atoms with E-state index in [4.69, 9.17) is 9.84 Å². The number of pyridine rings is 1. The molecule has 0 bridgehead atoms. The van der Waals surface area contributed by atoms with Crippen LogP contribution in [-0.2, 0) is 6.54 Å². The molecule has 1 N–H and O–H groups in total. The largest absolute Gasteiger partial charge is 0.491 e. The number of halogens is 1. The van der Waals surface area contributed by atoms with Gasteiger partial charge in [-0.1, -0.05) is 36.4 Å². The lowest BCUT2D eigenvalue weighted by molar-refractivity contribution is 0.413. The predicted molar refractivity (Wildman–Crippen MR) is 125 cm³/mol. The Morgan fingerprint density at radius 3 is 2.68 bits per heavy atom. The van der Waals surface area contributed by atoms with Gasteiger partial charge < -0.3 is 10.1 Å². The fourth-order valence-corrected chi connectivity index (χ4v) is 3.63. The third kappa shape index (κ3) is 3.89. The van der Waals surface area contributed by atoms with Crippen LogP contribution < -0.4 is 10.1 Å². The first-order chi connectivity index (χ1) is 16.7. The number of hydrogen-bond donors (Lipinski definition) is 1. The van der Waals surface area contributed by atoms with E-state index in [1.165, 1.54) is 19.4 Å². The molecule has 0 aliphatic heterocycles. The van der Waals surface area contributed by atoms with E-state index in [1.807, 2.05) is 24.3 Å². The Kier molecular flexibility index (Phi) is 5.54. The average Bonchev–Trinajstić information content (AvgIpc) is 3.24. The van der Waals surface area contributed by atoms with Gasteiger partial charge in [0.15, 0.2) is 17.4 Å². The number of anilines is 2. The van der Waals surface area contributed by atoms with E-state index in [-0.39, 0.29) is 12.4 Å². The van der Waals surface area contributed by atoms with E-state index >= 15 is 0 Å². The van der Waals surface area contributed by atoms with Crippen molar-refractivity contribution < 1.29 is 9.13 Å². The monoisotopic (exact) mass is 451 g/mol. The summed E-state index contributed by atoms with van der Waals surface area (Å²) in [6, 6.07) is 19.7. The lowest BCUT2D eigenvalue weighted by Gasteiger charge is -2.11. The first kappa shape index (κ1) is 21.0. The minimum Gasteiger partial charge on any atom is -0.491 e. The smallest absolute Gasteiger partial charge is 0.183 e. The quantitative estimate of drug-likeness (QED) is 0.399. The van der Waals surface area contributed by atoms with Crippen LogP contribution in [0.25, 0.3) is 22.4 Å². The molecule has 166 valence electrons. The highest BCUT2D eigenvalue weighted by molar-refractivity contribution is 5.92. The van der Waals surface area contributed by atoms with Crippen LogP contribution in [0.1, 0.15) is 11.1 Å². The molecule has 0 amide bonds. The van der Waals surface area contributed by atoms with Crippen molar-refractivity contribution in [3.05, 3.63) is 90.0 Å². The van der Waals surface area contributed by atoms with Crippen LogP contribution in [0.15, 0.2) is 73.1 Å².